The number of anilines is 3. The summed E-state index contributed by atoms with van der Waals surface area (Å²) >= 11 is 1.88. The maximum atomic E-state index is 2.42. The zero-order valence-electron chi connectivity index (χ0n) is 30.4. The van der Waals surface area contributed by atoms with E-state index in [-0.39, 0.29) is 5.41 Å². The van der Waals surface area contributed by atoms with Crippen LogP contribution in [0.15, 0.2) is 210 Å². The van der Waals surface area contributed by atoms with Crippen molar-refractivity contribution in [3.63, 3.8) is 0 Å². The van der Waals surface area contributed by atoms with E-state index in [2.05, 4.69) is 219 Å². The molecule has 0 spiro atoms. The predicted molar refractivity (Wildman–Crippen MR) is 227 cm³/mol. The van der Waals surface area contributed by atoms with E-state index >= 15 is 0 Å². The summed E-state index contributed by atoms with van der Waals surface area (Å²) in [5, 5.41) is 0. The summed E-state index contributed by atoms with van der Waals surface area (Å²) in [5.41, 5.74) is 15.8. The van der Waals surface area contributed by atoms with Gasteiger partial charge in [-0.2, -0.15) is 0 Å². The Kier molecular flexibility index (Phi) is 7.71. The van der Waals surface area contributed by atoms with Gasteiger partial charge in [-0.25, -0.2) is 0 Å². The molecule has 0 N–H and O–H groups in total. The average Bonchev–Trinajstić information content (AvgIpc) is 3.53. The highest BCUT2D eigenvalue weighted by atomic mass is 32.2. The summed E-state index contributed by atoms with van der Waals surface area (Å²) in [6.07, 6.45) is 0. The van der Waals surface area contributed by atoms with Crippen molar-refractivity contribution < 1.29 is 0 Å². The second-order valence-electron chi connectivity index (χ2n) is 14.9. The summed E-state index contributed by atoms with van der Waals surface area (Å²) in [5.74, 6) is 0. The van der Waals surface area contributed by atoms with Gasteiger partial charge in [-0.3, -0.25) is 0 Å². The molecule has 8 aromatic carbocycles. The van der Waals surface area contributed by atoms with E-state index in [9.17, 15) is 0 Å². The zero-order valence-corrected chi connectivity index (χ0v) is 31.2. The molecule has 0 saturated heterocycles. The van der Waals surface area contributed by atoms with Crippen LogP contribution in [-0.4, -0.2) is 0 Å². The highest BCUT2D eigenvalue weighted by molar-refractivity contribution is 7.99. The number of fused-ring (bicyclic) bond motifs is 5. The normalized spacial score (nSPS) is 14.3. The van der Waals surface area contributed by atoms with E-state index in [1.165, 1.54) is 65.4 Å². The Labute approximate surface area is 322 Å². The minimum atomic E-state index is -0.434. The lowest BCUT2D eigenvalue weighted by Gasteiger charge is -2.36. The van der Waals surface area contributed by atoms with Crippen molar-refractivity contribution in [2.24, 2.45) is 0 Å². The monoisotopic (exact) mass is 709 g/mol. The molecular weight excluding hydrogens is 671 g/mol. The lowest BCUT2D eigenvalue weighted by atomic mass is 9.68. The highest BCUT2D eigenvalue weighted by Crippen LogP contribution is 2.56. The van der Waals surface area contributed by atoms with Crippen molar-refractivity contribution in [2.75, 3.05) is 4.90 Å². The van der Waals surface area contributed by atoms with Crippen LogP contribution >= 0.6 is 11.8 Å². The lowest BCUT2D eigenvalue weighted by Crippen LogP contribution is -2.28. The van der Waals surface area contributed by atoms with Crippen molar-refractivity contribution in [1.29, 1.82) is 0 Å². The van der Waals surface area contributed by atoms with Gasteiger partial charge in [0.1, 0.15) is 0 Å². The maximum absolute atomic E-state index is 2.42. The Morgan fingerprint density at radius 3 is 1.48 bits per heavy atom. The van der Waals surface area contributed by atoms with Crippen LogP contribution in [0.1, 0.15) is 47.2 Å². The minimum Gasteiger partial charge on any atom is -0.310 e. The summed E-state index contributed by atoms with van der Waals surface area (Å²) in [7, 11) is 0. The first-order valence-electron chi connectivity index (χ1n) is 18.8. The summed E-state index contributed by atoms with van der Waals surface area (Å²) in [4.78, 5) is 5.05. The summed E-state index contributed by atoms with van der Waals surface area (Å²) in [6, 6.07) is 73.8. The summed E-state index contributed by atoms with van der Waals surface area (Å²) < 4.78 is 0. The van der Waals surface area contributed by atoms with Crippen LogP contribution in [0, 0.1) is 0 Å². The molecule has 0 radical (unpaired) electrons. The molecule has 8 aromatic rings. The van der Waals surface area contributed by atoms with Crippen LogP contribution in [-0.2, 0) is 10.8 Å². The van der Waals surface area contributed by atoms with Crippen LogP contribution in [0.2, 0.25) is 0 Å². The van der Waals surface area contributed by atoms with Gasteiger partial charge in [0.25, 0.3) is 0 Å². The molecule has 0 unspecified atom stereocenters. The molecular formula is C52H39NS. The number of nitrogens with zero attached hydrogens (tertiary/aromatic N) is 1. The van der Waals surface area contributed by atoms with Crippen molar-refractivity contribution in [2.45, 2.75) is 34.5 Å². The molecule has 0 bridgehead atoms. The van der Waals surface area contributed by atoms with Gasteiger partial charge < -0.3 is 4.90 Å². The second-order valence-corrected chi connectivity index (χ2v) is 16.0. The van der Waals surface area contributed by atoms with Crippen molar-refractivity contribution >= 4 is 28.8 Å². The van der Waals surface area contributed by atoms with Gasteiger partial charge in [0.2, 0.25) is 0 Å². The largest absolute Gasteiger partial charge is 0.310 e. The van der Waals surface area contributed by atoms with Gasteiger partial charge in [-0.15, -0.1) is 0 Å². The van der Waals surface area contributed by atoms with Gasteiger partial charge >= 0.3 is 0 Å². The minimum absolute atomic E-state index is 0.0842. The summed E-state index contributed by atoms with van der Waals surface area (Å²) in [6.45, 7) is 4.70. The van der Waals surface area contributed by atoms with Crippen LogP contribution in [0.5, 0.6) is 0 Å². The number of hydrogen-bond acceptors (Lipinski definition) is 2. The van der Waals surface area contributed by atoms with Crippen molar-refractivity contribution in [3.8, 4) is 22.3 Å². The standard InChI is InChI=1S/C52H39NS/c1-51(2)47-23-13-14-24-49(47)54-50-35-42(33-34-48(50)51)53(40-29-25-37(26-30-40)36-15-5-3-6-16-36)41-31-27-39(28-32-41)52(38-17-7-4-8-18-38)45-21-11-9-19-43(45)44-20-10-12-22-46(44)52/h3-35H,1-2H3. The topological polar surface area (TPSA) is 3.24 Å². The molecule has 1 aliphatic carbocycles. The first-order valence-corrected chi connectivity index (χ1v) is 19.6. The molecule has 0 atom stereocenters. The van der Waals surface area contributed by atoms with Crippen LogP contribution in [0.25, 0.3) is 22.3 Å². The van der Waals surface area contributed by atoms with Gasteiger partial charge in [0, 0.05) is 32.3 Å². The molecule has 2 heteroatoms. The van der Waals surface area contributed by atoms with Crippen LogP contribution in [0.3, 0.4) is 0 Å². The predicted octanol–water partition coefficient (Wildman–Crippen LogP) is 14.0. The zero-order chi connectivity index (χ0) is 36.3. The van der Waals surface area contributed by atoms with E-state index in [0.717, 1.165) is 17.1 Å². The molecule has 10 rings (SSSR count). The fraction of sp³-hybridized carbons (Fsp3) is 0.0769. The molecule has 0 amide bonds. The van der Waals surface area contributed by atoms with Gasteiger partial charge in [-0.1, -0.05) is 183 Å². The Bertz CT molecular complexity index is 2600. The number of hydrogen-bond donors (Lipinski definition) is 0. The van der Waals surface area contributed by atoms with Gasteiger partial charge in [0.05, 0.1) is 5.41 Å². The fourth-order valence-corrected chi connectivity index (χ4v) is 10.5. The highest BCUT2D eigenvalue weighted by Gasteiger charge is 2.45. The van der Waals surface area contributed by atoms with E-state index < -0.39 is 5.41 Å². The number of rotatable bonds is 6. The molecule has 1 aliphatic heterocycles. The number of benzene rings is 8. The van der Waals surface area contributed by atoms with Crippen molar-refractivity contribution in [1.82, 2.24) is 0 Å². The Balaban J connectivity index is 1.13. The first-order chi connectivity index (χ1) is 26.5. The third-order valence-corrected chi connectivity index (χ3v) is 12.8. The molecule has 0 fully saturated rings. The van der Waals surface area contributed by atoms with E-state index in [4.69, 9.17) is 0 Å². The van der Waals surface area contributed by atoms with Crippen molar-refractivity contribution in [3.05, 3.63) is 234 Å². The fourth-order valence-electron chi connectivity index (χ4n) is 9.04. The third-order valence-electron chi connectivity index (χ3n) is 11.6. The molecule has 258 valence electrons. The smallest absolute Gasteiger partial charge is 0.0713 e. The third kappa shape index (κ3) is 5.01. The molecule has 1 heterocycles. The maximum Gasteiger partial charge on any atom is 0.0713 e. The SMILES string of the molecule is CC1(C)c2ccccc2Sc2cc(N(c3ccc(-c4ccccc4)cc3)c3ccc(C4(c5ccccc5)c5ccccc5-c5ccccc54)cc3)ccc21. The van der Waals surface area contributed by atoms with E-state index in [1.807, 2.05) is 11.8 Å². The Morgan fingerprint density at radius 1 is 0.370 bits per heavy atom. The average molecular weight is 710 g/mol. The molecule has 1 nitrogen and oxygen atoms in total. The first kappa shape index (κ1) is 32.6. The molecule has 0 aromatic heterocycles. The van der Waals surface area contributed by atoms with Gasteiger partial charge in [0.15, 0.2) is 0 Å². The molecule has 54 heavy (non-hydrogen) atoms. The van der Waals surface area contributed by atoms with E-state index in [1.54, 1.807) is 0 Å². The van der Waals surface area contributed by atoms with Crippen LogP contribution < -0.4 is 4.90 Å². The molecule has 0 saturated carbocycles. The Hall–Kier alpha value is -6.09. The second kappa shape index (κ2) is 12.8. The quantitative estimate of drug-likeness (QED) is 0.169. The Morgan fingerprint density at radius 2 is 0.833 bits per heavy atom. The van der Waals surface area contributed by atoms with E-state index in [0.29, 0.717) is 0 Å². The molecule has 2 aliphatic rings. The van der Waals surface area contributed by atoms with Gasteiger partial charge in [-0.05, 0) is 98.1 Å². The lowest BCUT2D eigenvalue weighted by molar-refractivity contribution is 0.607. The van der Waals surface area contributed by atoms with Crippen LogP contribution in [0.4, 0.5) is 17.1 Å².